The van der Waals surface area contributed by atoms with Crippen LogP contribution in [0.2, 0.25) is 0 Å². The average Bonchev–Trinajstić information content (AvgIpc) is 3.75. The number of rotatable bonds is 8. The molecule has 0 aliphatic rings. The summed E-state index contributed by atoms with van der Waals surface area (Å²) in [5, 5.41) is 2.48. The standard InChI is InChI=1S/2C18H21N3O/c2*1-12(11-16(22)18-19-9-10-20(18)3)17-13(2)21(4)15-8-6-5-7-14(15)17/h2*5-10,12H,11H2,1-4H3/t2*12-/m11/s1. The number of ketones is 2. The van der Waals surface area contributed by atoms with Crippen molar-refractivity contribution in [2.75, 3.05) is 0 Å². The predicted molar refractivity (Wildman–Crippen MR) is 176 cm³/mol. The van der Waals surface area contributed by atoms with E-state index in [2.05, 4.69) is 109 Å². The van der Waals surface area contributed by atoms with Gasteiger partial charge in [-0.1, -0.05) is 50.2 Å². The summed E-state index contributed by atoms with van der Waals surface area (Å²) in [6, 6.07) is 16.7. The van der Waals surface area contributed by atoms with Crippen LogP contribution in [0.3, 0.4) is 0 Å². The van der Waals surface area contributed by atoms with Crippen LogP contribution >= 0.6 is 0 Å². The Hall–Kier alpha value is -4.72. The van der Waals surface area contributed by atoms with Crippen LogP contribution in [0.5, 0.6) is 0 Å². The van der Waals surface area contributed by atoms with Crippen molar-refractivity contribution in [2.24, 2.45) is 28.2 Å². The third-order valence-corrected chi connectivity index (χ3v) is 9.01. The first-order valence-electron chi connectivity index (χ1n) is 15.1. The Morgan fingerprint density at radius 1 is 0.636 bits per heavy atom. The highest BCUT2D eigenvalue weighted by molar-refractivity contribution is 5.95. The van der Waals surface area contributed by atoms with E-state index >= 15 is 0 Å². The lowest BCUT2D eigenvalue weighted by Crippen LogP contribution is -2.11. The van der Waals surface area contributed by atoms with Crippen molar-refractivity contribution < 1.29 is 9.59 Å². The summed E-state index contributed by atoms with van der Waals surface area (Å²) in [6.07, 6.45) is 7.89. The molecule has 0 amide bonds. The van der Waals surface area contributed by atoms with Crippen LogP contribution < -0.4 is 0 Å². The Kier molecular flexibility index (Phi) is 8.72. The first-order chi connectivity index (χ1) is 21.0. The maximum absolute atomic E-state index is 12.5. The number of aryl methyl sites for hydroxylation is 4. The second kappa shape index (κ2) is 12.5. The first kappa shape index (κ1) is 30.7. The fourth-order valence-corrected chi connectivity index (χ4v) is 6.56. The molecule has 6 aromatic rings. The monoisotopic (exact) mass is 590 g/mol. The largest absolute Gasteiger partial charge is 0.348 e. The number of imidazole rings is 2. The zero-order chi connectivity index (χ0) is 31.7. The third-order valence-electron chi connectivity index (χ3n) is 9.01. The molecule has 8 nitrogen and oxygen atoms in total. The minimum Gasteiger partial charge on any atom is -0.348 e. The number of carbonyl (C=O) groups is 2. The summed E-state index contributed by atoms with van der Waals surface area (Å²) in [4.78, 5) is 33.3. The molecule has 0 N–H and O–H groups in total. The molecule has 0 saturated carbocycles. The zero-order valence-corrected chi connectivity index (χ0v) is 27.0. The molecule has 0 spiro atoms. The zero-order valence-electron chi connectivity index (χ0n) is 27.0. The Bertz CT molecular complexity index is 1820. The molecular formula is C36H42N6O2. The Morgan fingerprint density at radius 2 is 1.00 bits per heavy atom. The van der Waals surface area contributed by atoms with Crippen LogP contribution in [0, 0.1) is 13.8 Å². The lowest BCUT2D eigenvalue weighted by atomic mass is 9.93. The lowest BCUT2D eigenvalue weighted by molar-refractivity contribution is 0.0954. The van der Waals surface area contributed by atoms with E-state index in [4.69, 9.17) is 0 Å². The fraction of sp³-hybridized carbons (Fsp3) is 0.333. The van der Waals surface area contributed by atoms with Gasteiger partial charge in [-0.05, 0) is 48.9 Å². The Labute approximate surface area is 259 Å². The van der Waals surface area contributed by atoms with Gasteiger partial charge >= 0.3 is 0 Å². The van der Waals surface area contributed by atoms with Crippen LogP contribution in [0.4, 0.5) is 0 Å². The molecule has 0 unspecified atom stereocenters. The summed E-state index contributed by atoms with van der Waals surface area (Å²) in [6.45, 7) is 8.49. The number of benzene rings is 2. The van der Waals surface area contributed by atoms with E-state index in [1.54, 1.807) is 33.9 Å². The van der Waals surface area contributed by atoms with Gasteiger partial charge in [0, 0.05) is 99.0 Å². The number of carbonyl (C=O) groups excluding carboxylic acids is 2. The van der Waals surface area contributed by atoms with Crippen LogP contribution in [0.1, 0.15) is 82.3 Å². The maximum atomic E-state index is 12.5. The van der Waals surface area contributed by atoms with Gasteiger partial charge in [0.15, 0.2) is 23.2 Å². The number of hydrogen-bond acceptors (Lipinski definition) is 4. The summed E-state index contributed by atoms with van der Waals surface area (Å²) in [7, 11) is 7.87. The molecule has 228 valence electrons. The summed E-state index contributed by atoms with van der Waals surface area (Å²) in [5.41, 5.74) is 7.40. The number of aromatic nitrogens is 6. The third kappa shape index (κ3) is 5.64. The predicted octanol–water partition coefficient (Wildman–Crippen LogP) is 7.19. The number of nitrogens with zero attached hydrogens (tertiary/aromatic N) is 6. The Balaban J connectivity index is 0.000000175. The van der Waals surface area contributed by atoms with Gasteiger partial charge in [0.2, 0.25) is 0 Å². The van der Waals surface area contributed by atoms with E-state index in [1.165, 1.54) is 44.3 Å². The van der Waals surface area contributed by atoms with Gasteiger partial charge in [-0.15, -0.1) is 0 Å². The summed E-state index contributed by atoms with van der Waals surface area (Å²) >= 11 is 0. The van der Waals surface area contributed by atoms with Crippen molar-refractivity contribution in [3.05, 3.63) is 107 Å². The van der Waals surface area contributed by atoms with Crippen molar-refractivity contribution in [2.45, 2.75) is 52.4 Å². The van der Waals surface area contributed by atoms with Crippen LogP contribution in [0.25, 0.3) is 21.8 Å². The molecule has 0 fully saturated rings. The maximum Gasteiger partial charge on any atom is 0.198 e. The summed E-state index contributed by atoms with van der Waals surface area (Å²) < 4.78 is 7.97. The molecular weight excluding hydrogens is 548 g/mol. The van der Waals surface area contributed by atoms with Gasteiger partial charge < -0.3 is 18.3 Å². The van der Waals surface area contributed by atoms with Gasteiger partial charge in [-0.25, -0.2) is 9.97 Å². The van der Waals surface area contributed by atoms with E-state index in [1.807, 2.05) is 14.1 Å². The molecule has 2 atom stereocenters. The molecule has 0 aliphatic carbocycles. The molecule has 0 saturated heterocycles. The Morgan fingerprint density at radius 3 is 1.34 bits per heavy atom. The van der Waals surface area contributed by atoms with Gasteiger partial charge in [0.05, 0.1) is 0 Å². The minimum absolute atomic E-state index is 0.0901. The van der Waals surface area contributed by atoms with E-state index in [0.717, 1.165) is 0 Å². The van der Waals surface area contributed by atoms with Crippen LogP contribution in [-0.2, 0) is 28.2 Å². The molecule has 0 aliphatic heterocycles. The first-order valence-corrected chi connectivity index (χ1v) is 15.1. The number of Topliss-reactive ketones (excluding diaryl/α,β-unsaturated/α-hetero) is 2. The average molecular weight is 591 g/mol. The van der Waals surface area contributed by atoms with Gasteiger partial charge in [0.1, 0.15) is 0 Å². The minimum atomic E-state index is 0.0901. The lowest BCUT2D eigenvalue weighted by Gasteiger charge is -2.12. The van der Waals surface area contributed by atoms with Crippen molar-refractivity contribution in [1.29, 1.82) is 0 Å². The van der Waals surface area contributed by atoms with Gasteiger partial charge in [-0.3, -0.25) is 9.59 Å². The molecule has 0 radical (unpaired) electrons. The number of fused-ring (bicyclic) bond motifs is 2. The van der Waals surface area contributed by atoms with Gasteiger partial charge in [0.25, 0.3) is 0 Å². The molecule has 2 aromatic carbocycles. The summed E-state index contributed by atoms with van der Waals surface area (Å²) in [5.74, 6) is 1.57. The molecule has 4 aromatic heterocycles. The van der Waals surface area contributed by atoms with Crippen molar-refractivity contribution >= 4 is 33.4 Å². The number of para-hydroxylation sites is 2. The van der Waals surface area contributed by atoms with Crippen molar-refractivity contribution in [3.8, 4) is 0 Å². The van der Waals surface area contributed by atoms with Crippen LogP contribution in [-0.4, -0.2) is 39.8 Å². The molecule has 6 rings (SSSR count). The smallest absolute Gasteiger partial charge is 0.198 e. The highest BCUT2D eigenvalue weighted by Crippen LogP contribution is 2.34. The fourth-order valence-electron chi connectivity index (χ4n) is 6.56. The highest BCUT2D eigenvalue weighted by atomic mass is 16.1. The molecule has 44 heavy (non-hydrogen) atoms. The van der Waals surface area contributed by atoms with Crippen molar-refractivity contribution in [1.82, 2.24) is 28.2 Å². The van der Waals surface area contributed by atoms with Crippen molar-refractivity contribution in [3.63, 3.8) is 0 Å². The highest BCUT2D eigenvalue weighted by Gasteiger charge is 2.23. The van der Waals surface area contributed by atoms with Crippen LogP contribution in [0.15, 0.2) is 73.3 Å². The van der Waals surface area contributed by atoms with E-state index in [0.29, 0.717) is 24.5 Å². The number of hydrogen-bond donors (Lipinski definition) is 0. The van der Waals surface area contributed by atoms with Gasteiger partial charge in [-0.2, -0.15) is 0 Å². The SMILES string of the molecule is Cc1c([C@H](C)CC(=O)c2nccn2C)c2ccccc2n1C.Cc1c([C@H](C)CC(=O)c2nccn2C)c2ccccc2n1C. The topological polar surface area (TPSA) is 79.6 Å². The molecule has 0 bridgehead atoms. The second-order valence-electron chi connectivity index (χ2n) is 11.9. The van der Waals surface area contributed by atoms with E-state index in [9.17, 15) is 9.59 Å². The second-order valence-corrected chi connectivity index (χ2v) is 11.9. The quantitative estimate of drug-likeness (QED) is 0.176. The molecule has 4 heterocycles. The normalized spacial score (nSPS) is 12.7. The van der Waals surface area contributed by atoms with E-state index < -0.39 is 0 Å². The molecule has 8 heteroatoms. The van der Waals surface area contributed by atoms with E-state index in [-0.39, 0.29) is 23.4 Å².